The van der Waals surface area contributed by atoms with Gasteiger partial charge in [-0.25, -0.2) is 0 Å². The molecular formula is C9H8BrN3O. The van der Waals surface area contributed by atoms with Gasteiger partial charge in [0.05, 0.1) is 0 Å². The summed E-state index contributed by atoms with van der Waals surface area (Å²) in [5, 5.41) is 3.72. The lowest BCUT2D eigenvalue weighted by molar-refractivity contribution is 0.437. The Bertz CT molecular complexity index is 467. The number of nitrogens with two attached hydrogens (primary N) is 1. The maximum atomic E-state index is 5.33. The van der Waals surface area contributed by atoms with Crippen molar-refractivity contribution in [2.75, 3.05) is 5.73 Å². The summed E-state index contributed by atoms with van der Waals surface area (Å²) in [6.45, 7) is 2.01. The Morgan fingerprint density at radius 3 is 2.79 bits per heavy atom. The maximum absolute atomic E-state index is 5.33. The Hall–Kier alpha value is -1.36. The molecule has 1 aromatic heterocycles. The average molecular weight is 254 g/mol. The molecule has 1 heterocycles. The molecule has 14 heavy (non-hydrogen) atoms. The Balaban J connectivity index is 2.47. The second-order valence-corrected chi connectivity index (χ2v) is 3.77. The molecule has 0 aliphatic heterocycles. The lowest BCUT2D eigenvalue weighted by Crippen LogP contribution is -1.85. The van der Waals surface area contributed by atoms with Crippen LogP contribution in [0.1, 0.15) is 5.56 Å². The molecule has 2 aromatic rings. The number of benzene rings is 1. The minimum absolute atomic E-state index is 0.0803. The van der Waals surface area contributed by atoms with E-state index in [0.717, 1.165) is 15.6 Å². The summed E-state index contributed by atoms with van der Waals surface area (Å²) >= 11 is 3.43. The van der Waals surface area contributed by atoms with E-state index in [0.29, 0.717) is 5.82 Å². The third-order valence-electron chi connectivity index (χ3n) is 1.87. The molecule has 0 atom stereocenters. The number of rotatable bonds is 1. The molecule has 0 saturated carbocycles. The first kappa shape index (κ1) is 9.21. The smallest absolute Gasteiger partial charge is 0.319 e. The Labute approximate surface area is 89.2 Å². The molecule has 0 spiro atoms. The predicted molar refractivity (Wildman–Crippen MR) is 56.6 cm³/mol. The van der Waals surface area contributed by atoms with Crippen LogP contribution in [0.2, 0.25) is 0 Å². The predicted octanol–water partition coefficient (Wildman–Crippen LogP) is 2.39. The molecule has 0 amide bonds. The van der Waals surface area contributed by atoms with Crippen molar-refractivity contribution in [2.24, 2.45) is 0 Å². The van der Waals surface area contributed by atoms with Gasteiger partial charge in [0, 0.05) is 10.0 Å². The van der Waals surface area contributed by atoms with E-state index in [1.807, 2.05) is 25.1 Å². The second kappa shape index (κ2) is 3.42. The Morgan fingerprint density at radius 2 is 2.21 bits per heavy atom. The first-order chi connectivity index (χ1) is 6.66. The topological polar surface area (TPSA) is 64.9 Å². The average Bonchev–Trinajstić information content (AvgIpc) is 2.57. The van der Waals surface area contributed by atoms with Gasteiger partial charge in [0.25, 0.3) is 0 Å². The minimum Gasteiger partial charge on any atom is -0.351 e. The van der Waals surface area contributed by atoms with Crippen LogP contribution in [0.5, 0.6) is 0 Å². The van der Waals surface area contributed by atoms with E-state index in [1.165, 1.54) is 0 Å². The highest BCUT2D eigenvalue weighted by atomic mass is 79.9. The SMILES string of the molecule is Cc1ccc(-c2noc(N)n2)cc1Br. The monoisotopic (exact) mass is 253 g/mol. The van der Waals surface area contributed by atoms with Crippen LogP contribution < -0.4 is 5.73 Å². The Kier molecular flexibility index (Phi) is 2.25. The van der Waals surface area contributed by atoms with Crippen LogP contribution in [-0.4, -0.2) is 10.1 Å². The highest BCUT2D eigenvalue weighted by Gasteiger charge is 2.06. The first-order valence-corrected chi connectivity index (χ1v) is 4.82. The standard InChI is InChI=1S/C9H8BrN3O/c1-5-2-3-6(4-7(5)10)8-12-9(11)14-13-8/h2-4H,1H3,(H2,11,12,13). The molecule has 2 N–H and O–H groups in total. The molecule has 72 valence electrons. The summed E-state index contributed by atoms with van der Waals surface area (Å²) in [4.78, 5) is 3.93. The Morgan fingerprint density at radius 1 is 1.43 bits per heavy atom. The fourth-order valence-corrected chi connectivity index (χ4v) is 1.46. The van der Waals surface area contributed by atoms with Crippen molar-refractivity contribution in [1.82, 2.24) is 10.1 Å². The van der Waals surface area contributed by atoms with Crippen LogP contribution in [0, 0.1) is 6.92 Å². The van der Waals surface area contributed by atoms with Gasteiger partial charge >= 0.3 is 6.01 Å². The number of hydrogen-bond donors (Lipinski definition) is 1. The first-order valence-electron chi connectivity index (χ1n) is 4.02. The molecule has 0 bridgehead atoms. The number of anilines is 1. The van der Waals surface area contributed by atoms with Crippen LogP contribution in [0.3, 0.4) is 0 Å². The van der Waals surface area contributed by atoms with E-state index in [9.17, 15) is 0 Å². The van der Waals surface area contributed by atoms with Crippen LogP contribution in [-0.2, 0) is 0 Å². The van der Waals surface area contributed by atoms with Crippen LogP contribution in [0.4, 0.5) is 6.01 Å². The summed E-state index contributed by atoms with van der Waals surface area (Å²) in [5.74, 6) is 0.503. The van der Waals surface area contributed by atoms with E-state index in [2.05, 4.69) is 26.1 Å². The molecule has 5 heteroatoms. The van der Waals surface area contributed by atoms with Gasteiger partial charge in [-0.3, -0.25) is 0 Å². The molecule has 4 nitrogen and oxygen atoms in total. The van der Waals surface area contributed by atoms with Crippen LogP contribution in [0.15, 0.2) is 27.2 Å². The molecule has 0 aliphatic carbocycles. The number of aromatic nitrogens is 2. The summed E-state index contributed by atoms with van der Waals surface area (Å²) in [6, 6.07) is 5.91. The van der Waals surface area contributed by atoms with Crippen molar-refractivity contribution in [1.29, 1.82) is 0 Å². The number of nitrogen functional groups attached to an aromatic ring is 1. The molecule has 1 aromatic carbocycles. The molecule has 0 fully saturated rings. The van der Waals surface area contributed by atoms with Gasteiger partial charge in [0.2, 0.25) is 5.82 Å². The fourth-order valence-electron chi connectivity index (χ4n) is 1.08. The van der Waals surface area contributed by atoms with Gasteiger partial charge in [-0.05, 0) is 18.6 Å². The van der Waals surface area contributed by atoms with Crippen molar-refractivity contribution in [3.05, 3.63) is 28.2 Å². The van der Waals surface area contributed by atoms with E-state index < -0.39 is 0 Å². The number of aryl methyl sites for hydroxylation is 1. The maximum Gasteiger partial charge on any atom is 0.319 e. The fraction of sp³-hybridized carbons (Fsp3) is 0.111. The van der Waals surface area contributed by atoms with E-state index in [4.69, 9.17) is 10.3 Å². The zero-order chi connectivity index (χ0) is 10.1. The van der Waals surface area contributed by atoms with Gasteiger partial charge < -0.3 is 10.3 Å². The molecule has 0 aliphatic rings. The van der Waals surface area contributed by atoms with Crippen molar-refractivity contribution in [3.63, 3.8) is 0 Å². The van der Waals surface area contributed by atoms with Gasteiger partial charge in [-0.2, -0.15) is 4.98 Å². The summed E-state index contributed by atoms with van der Waals surface area (Å²) in [7, 11) is 0. The third kappa shape index (κ3) is 1.63. The van der Waals surface area contributed by atoms with E-state index >= 15 is 0 Å². The van der Waals surface area contributed by atoms with Crippen molar-refractivity contribution < 1.29 is 4.52 Å². The molecular weight excluding hydrogens is 246 g/mol. The van der Waals surface area contributed by atoms with Crippen LogP contribution in [0.25, 0.3) is 11.4 Å². The summed E-state index contributed by atoms with van der Waals surface area (Å²) < 4.78 is 5.70. The number of halogens is 1. The van der Waals surface area contributed by atoms with E-state index in [-0.39, 0.29) is 6.01 Å². The summed E-state index contributed by atoms with van der Waals surface area (Å²) in [6.07, 6.45) is 0. The normalized spacial score (nSPS) is 10.4. The minimum atomic E-state index is 0.0803. The lowest BCUT2D eigenvalue weighted by Gasteiger charge is -1.98. The highest BCUT2D eigenvalue weighted by Crippen LogP contribution is 2.23. The molecule has 0 unspecified atom stereocenters. The number of nitrogens with zero attached hydrogens (tertiary/aromatic N) is 2. The van der Waals surface area contributed by atoms with Crippen molar-refractivity contribution >= 4 is 21.9 Å². The molecule has 0 radical (unpaired) electrons. The van der Waals surface area contributed by atoms with Gasteiger partial charge in [0.1, 0.15) is 0 Å². The molecule has 2 rings (SSSR count). The zero-order valence-corrected chi connectivity index (χ0v) is 9.08. The second-order valence-electron chi connectivity index (χ2n) is 2.92. The van der Waals surface area contributed by atoms with Gasteiger partial charge in [0.15, 0.2) is 0 Å². The molecule has 0 saturated heterocycles. The van der Waals surface area contributed by atoms with Crippen LogP contribution >= 0.6 is 15.9 Å². The van der Waals surface area contributed by atoms with Gasteiger partial charge in [-0.15, -0.1) is 0 Å². The zero-order valence-electron chi connectivity index (χ0n) is 7.49. The third-order valence-corrected chi connectivity index (χ3v) is 2.73. The summed E-state index contributed by atoms with van der Waals surface area (Å²) in [5.41, 5.74) is 7.37. The largest absolute Gasteiger partial charge is 0.351 e. The van der Waals surface area contributed by atoms with Gasteiger partial charge in [-0.1, -0.05) is 33.2 Å². The van der Waals surface area contributed by atoms with Crippen molar-refractivity contribution in [2.45, 2.75) is 6.92 Å². The van der Waals surface area contributed by atoms with Crippen molar-refractivity contribution in [3.8, 4) is 11.4 Å². The number of hydrogen-bond acceptors (Lipinski definition) is 4. The van der Waals surface area contributed by atoms with E-state index in [1.54, 1.807) is 0 Å². The highest BCUT2D eigenvalue weighted by molar-refractivity contribution is 9.10. The quantitative estimate of drug-likeness (QED) is 0.848. The lowest BCUT2D eigenvalue weighted by atomic mass is 10.1.